The van der Waals surface area contributed by atoms with Crippen molar-refractivity contribution in [1.82, 2.24) is 10.3 Å². The summed E-state index contributed by atoms with van der Waals surface area (Å²) in [7, 11) is 0. The second-order valence-corrected chi connectivity index (χ2v) is 5.34. The summed E-state index contributed by atoms with van der Waals surface area (Å²) >= 11 is 0. The highest BCUT2D eigenvalue weighted by atomic mass is 16.4. The van der Waals surface area contributed by atoms with Crippen LogP contribution in [0.3, 0.4) is 0 Å². The molecule has 1 N–H and O–H groups in total. The van der Waals surface area contributed by atoms with Crippen LogP contribution < -0.4 is 5.32 Å². The van der Waals surface area contributed by atoms with Gasteiger partial charge in [0.2, 0.25) is 0 Å². The molecule has 1 aliphatic carbocycles. The minimum Gasteiger partial charge on any atom is -0.441 e. The van der Waals surface area contributed by atoms with E-state index in [0.717, 1.165) is 36.2 Å². The Labute approximate surface area is 114 Å². The zero-order valence-corrected chi connectivity index (χ0v) is 11.6. The van der Waals surface area contributed by atoms with E-state index in [1.54, 1.807) is 0 Å². The molecule has 0 spiro atoms. The van der Waals surface area contributed by atoms with E-state index in [2.05, 4.69) is 42.3 Å². The third kappa shape index (κ3) is 2.87. The molecule has 1 saturated carbocycles. The van der Waals surface area contributed by atoms with E-state index in [9.17, 15) is 0 Å². The lowest BCUT2D eigenvalue weighted by atomic mass is 10.0. The summed E-state index contributed by atoms with van der Waals surface area (Å²) in [5.74, 6) is 1.70. The molecule has 3 nitrogen and oxygen atoms in total. The molecule has 1 aliphatic rings. The molecule has 3 heteroatoms. The summed E-state index contributed by atoms with van der Waals surface area (Å²) < 4.78 is 5.86. The average Bonchev–Trinajstić information content (AvgIpc) is 3.10. The summed E-state index contributed by atoms with van der Waals surface area (Å²) in [5.41, 5.74) is 3.70. The zero-order chi connectivity index (χ0) is 13.2. The van der Waals surface area contributed by atoms with Crippen molar-refractivity contribution in [1.29, 1.82) is 0 Å². The smallest absolute Gasteiger partial charge is 0.196 e. The number of benzene rings is 1. The number of hydrogen-bond acceptors (Lipinski definition) is 3. The average molecular weight is 256 g/mol. The molecule has 19 heavy (non-hydrogen) atoms. The van der Waals surface area contributed by atoms with Crippen molar-refractivity contribution in [3.05, 3.63) is 41.4 Å². The van der Waals surface area contributed by atoms with Gasteiger partial charge in [-0.3, -0.25) is 0 Å². The number of aryl methyl sites for hydroxylation is 1. The van der Waals surface area contributed by atoms with Crippen molar-refractivity contribution < 1.29 is 4.42 Å². The van der Waals surface area contributed by atoms with E-state index < -0.39 is 0 Å². The fraction of sp³-hybridized carbons (Fsp3) is 0.438. The Morgan fingerprint density at radius 1 is 1.32 bits per heavy atom. The molecule has 2 aromatic rings. The normalized spacial score (nSPS) is 14.8. The van der Waals surface area contributed by atoms with Crippen LogP contribution in [0.5, 0.6) is 0 Å². The van der Waals surface area contributed by atoms with Crippen LogP contribution >= 0.6 is 0 Å². The van der Waals surface area contributed by atoms with E-state index >= 15 is 0 Å². The van der Waals surface area contributed by atoms with Gasteiger partial charge in [0.1, 0.15) is 0 Å². The molecule has 0 bridgehead atoms. The van der Waals surface area contributed by atoms with Crippen LogP contribution in [-0.4, -0.2) is 17.6 Å². The second-order valence-electron chi connectivity index (χ2n) is 5.34. The maximum atomic E-state index is 5.86. The number of nitrogens with one attached hydrogen (secondary N) is 1. The Morgan fingerprint density at radius 2 is 2.16 bits per heavy atom. The van der Waals surface area contributed by atoms with Gasteiger partial charge in [-0.1, -0.05) is 18.2 Å². The number of nitrogens with zero attached hydrogens (tertiary/aromatic N) is 1. The van der Waals surface area contributed by atoms with Gasteiger partial charge in [0.25, 0.3) is 0 Å². The fourth-order valence-electron chi connectivity index (χ4n) is 2.24. The zero-order valence-electron chi connectivity index (χ0n) is 11.6. The molecule has 3 rings (SSSR count). The summed E-state index contributed by atoms with van der Waals surface area (Å²) in [6, 6.07) is 7.02. The van der Waals surface area contributed by atoms with E-state index in [0.29, 0.717) is 0 Å². The predicted octanol–water partition coefficient (Wildman–Crippen LogP) is 3.25. The molecule has 1 aromatic carbocycles. The van der Waals surface area contributed by atoms with Crippen molar-refractivity contribution in [2.45, 2.75) is 39.2 Å². The van der Waals surface area contributed by atoms with Crippen LogP contribution in [0.4, 0.5) is 0 Å². The van der Waals surface area contributed by atoms with Crippen LogP contribution in [0.2, 0.25) is 0 Å². The molecule has 0 unspecified atom stereocenters. The topological polar surface area (TPSA) is 38.1 Å². The predicted molar refractivity (Wildman–Crippen MR) is 76.1 cm³/mol. The van der Waals surface area contributed by atoms with Crippen LogP contribution in [-0.2, 0) is 6.42 Å². The van der Waals surface area contributed by atoms with Crippen molar-refractivity contribution >= 4 is 0 Å². The van der Waals surface area contributed by atoms with E-state index in [1.807, 2.05) is 6.20 Å². The van der Waals surface area contributed by atoms with E-state index in [1.165, 1.54) is 24.0 Å². The third-order valence-electron chi connectivity index (χ3n) is 3.77. The number of rotatable bonds is 5. The lowest BCUT2D eigenvalue weighted by molar-refractivity contribution is 0.494. The van der Waals surface area contributed by atoms with E-state index in [-0.39, 0.29) is 0 Å². The van der Waals surface area contributed by atoms with Gasteiger partial charge >= 0.3 is 0 Å². The van der Waals surface area contributed by atoms with Crippen LogP contribution in [0, 0.1) is 13.8 Å². The number of hydrogen-bond donors (Lipinski definition) is 1. The highest BCUT2D eigenvalue weighted by Crippen LogP contribution is 2.26. The van der Waals surface area contributed by atoms with Gasteiger partial charge in [0.15, 0.2) is 11.7 Å². The first-order valence-corrected chi connectivity index (χ1v) is 6.99. The first-order chi connectivity index (χ1) is 9.24. The standard InChI is InChI=1S/C16H20N2O/c1-11-4-3-5-14(12(11)2)15-10-18-16(19-15)8-9-17-13-6-7-13/h3-5,10,13,17H,6-9H2,1-2H3. The molecule has 0 radical (unpaired) electrons. The summed E-state index contributed by atoms with van der Waals surface area (Å²) in [4.78, 5) is 4.37. The van der Waals surface area contributed by atoms with Gasteiger partial charge in [0, 0.05) is 24.6 Å². The monoisotopic (exact) mass is 256 g/mol. The highest BCUT2D eigenvalue weighted by molar-refractivity contribution is 5.62. The molecule has 0 saturated heterocycles. The first-order valence-electron chi connectivity index (χ1n) is 6.99. The lowest BCUT2D eigenvalue weighted by Gasteiger charge is -2.05. The SMILES string of the molecule is Cc1cccc(-c2cnc(CCNC3CC3)o2)c1C. The molecule has 100 valence electrons. The van der Waals surface area contributed by atoms with Gasteiger partial charge in [-0.05, 0) is 37.8 Å². The Balaban J connectivity index is 1.70. The minimum atomic E-state index is 0.744. The van der Waals surface area contributed by atoms with Gasteiger partial charge in [-0.2, -0.15) is 0 Å². The lowest BCUT2D eigenvalue weighted by Crippen LogP contribution is -2.19. The first kappa shape index (κ1) is 12.4. The summed E-state index contributed by atoms with van der Waals surface area (Å²) in [5, 5.41) is 3.47. The minimum absolute atomic E-state index is 0.744. The maximum Gasteiger partial charge on any atom is 0.196 e. The van der Waals surface area contributed by atoms with E-state index in [4.69, 9.17) is 4.42 Å². The molecule has 1 heterocycles. The van der Waals surface area contributed by atoms with Gasteiger partial charge < -0.3 is 9.73 Å². The highest BCUT2D eigenvalue weighted by Gasteiger charge is 2.20. The van der Waals surface area contributed by atoms with Gasteiger partial charge in [-0.25, -0.2) is 4.98 Å². The van der Waals surface area contributed by atoms with Crippen molar-refractivity contribution in [2.75, 3.05) is 6.54 Å². The molecular weight excluding hydrogens is 236 g/mol. The summed E-state index contributed by atoms with van der Waals surface area (Å²) in [6.07, 6.45) is 5.34. The van der Waals surface area contributed by atoms with Crippen LogP contribution in [0.1, 0.15) is 29.9 Å². The molecule has 0 aliphatic heterocycles. The summed E-state index contributed by atoms with van der Waals surface area (Å²) in [6.45, 7) is 5.20. The van der Waals surface area contributed by atoms with Crippen molar-refractivity contribution in [3.8, 4) is 11.3 Å². The molecule has 1 aromatic heterocycles. The molecule has 0 amide bonds. The Kier molecular flexibility index (Phi) is 3.38. The quantitative estimate of drug-likeness (QED) is 0.892. The van der Waals surface area contributed by atoms with Crippen molar-refractivity contribution in [2.24, 2.45) is 0 Å². The van der Waals surface area contributed by atoms with Crippen molar-refractivity contribution in [3.63, 3.8) is 0 Å². The number of oxazole rings is 1. The van der Waals surface area contributed by atoms with Gasteiger partial charge in [0.05, 0.1) is 6.20 Å². The fourth-order valence-corrected chi connectivity index (χ4v) is 2.24. The second kappa shape index (κ2) is 5.17. The molecule has 1 fully saturated rings. The van der Waals surface area contributed by atoms with Gasteiger partial charge in [-0.15, -0.1) is 0 Å². The Bertz CT molecular complexity index is 570. The van der Waals surface area contributed by atoms with Crippen LogP contribution in [0.25, 0.3) is 11.3 Å². The Hall–Kier alpha value is -1.61. The number of aromatic nitrogens is 1. The largest absolute Gasteiger partial charge is 0.441 e. The molecular formula is C16H20N2O. The molecule has 0 atom stereocenters. The maximum absolute atomic E-state index is 5.86. The Morgan fingerprint density at radius 3 is 2.95 bits per heavy atom. The van der Waals surface area contributed by atoms with Crippen LogP contribution in [0.15, 0.2) is 28.8 Å². The third-order valence-corrected chi connectivity index (χ3v) is 3.77.